The highest BCUT2D eigenvalue weighted by atomic mass is 16.1. The van der Waals surface area contributed by atoms with E-state index >= 15 is 0 Å². The van der Waals surface area contributed by atoms with Crippen LogP contribution in [0.15, 0.2) is 0 Å². The molecule has 1 aliphatic carbocycles. The molecule has 18 heavy (non-hydrogen) atoms. The minimum atomic E-state index is -0.198. The maximum Gasteiger partial charge on any atom is 0.220 e. The van der Waals surface area contributed by atoms with Crippen molar-refractivity contribution in [1.29, 1.82) is 0 Å². The third-order valence-corrected chi connectivity index (χ3v) is 4.46. The molecule has 0 aromatic heterocycles. The van der Waals surface area contributed by atoms with Gasteiger partial charge in [0.05, 0.1) is 0 Å². The molecule has 1 fully saturated rings. The Morgan fingerprint density at radius 2 is 1.89 bits per heavy atom. The lowest BCUT2D eigenvalue weighted by atomic mass is 9.73. The van der Waals surface area contributed by atoms with E-state index in [-0.39, 0.29) is 23.2 Å². The van der Waals surface area contributed by atoms with Crippen molar-refractivity contribution < 1.29 is 9.59 Å². The van der Waals surface area contributed by atoms with Crippen molar-refractivity contribution in [1.82, 2.24) is 0 Å². The topological polar surface area (TPSA) is 60.2 Å². The Kier molecular flexibility index (Phi) is 4.94. The van der Waals surface area contributed by atoms with E-state index in [1.54, 1.807) is 0 Å². The Labute approximate surface area is 111 Å². The highest BCUT2D eigenvalue weighted by Gasteiger charge is 2.31. The van der Waals surface area contributed by atoms with Gasteiger partial charge in [-0.2, -0.15) is 0 Å². The van der Waals surface area contributed by atoms with E-state index in [1.165, 1.54) is 0 Å². The number of carbonyl (C=O) groups is 2. The first-order valence-electron chi connectivity index (χ1n) is 7.04. The largest absolute Gasteiger partial charge is 0.369 e. The van der Waals surface area contributed by atoms with Crippen molar-refractivity contribution in [3.05, 3.63) is 0 Å². The minimum absolute atomic E-state index is 0.0125. The van der Waals surface area contributed by atoms with Crippen molar-refractivity contribution in [3.8, 4) is 0 Å². The first-order valence-corrected chi connectivity index (χ1v) is 7.04. The molecule has 1 rings (SSSR count). The Balaban J connectivity index is 2.52. The molecule has 1 aliphatic rings. The summed E-state index contributed by atoms with van der Waals surface area (Å²) in [5.74, 6) is 0.551. The molecule has 2 N–H and O–H groups in total. The second kappa shape index (κ2) is 5.85. The van der Waals surface area contributed by atoms with E-state index in [9.17, 15) is 9.59 Å². The van der Waals surface area contributed by atoms with Gasteiger partial charge in [0.25, 0.3) is 0 Å². The number of carbonyl (C=O) groups excluding carboxylic acids is 2. The van der Waals surface area contributed by atoms with Crippen molar-refractivity contribution in [2.75, 3.05) is 0 Å². The van der Waals surface area contributed by atoms with E-state index in [0.29, 0.717) is 18.1 Å². The number of hydrogen-bond donors (Lipinski definition) is 1. The maximum atomic E-state index is 12.2. The fourth-order valence-corrected chi connectivity index (χ4v) is 2.68. The SMILES string of the molecule is C[C@H](C(=O)CC1CCC[C@@H](C(N)=O)C1)C(C)(C)C. The molecule has 3 atom stereocenters. The van der Waals surface area contributed by atoms with Crippen molar-refractivity contribution in [2.24, 2.45) is 28.9 Å². The van der Waals surface area contributed by atoms with Gasteiger partial charge in [0, 0.05) is 18.3 Å². The highest BCUT2D eigenvalue weighted by molar-refractivity contribution is 5.82. The molecule has 3 nitrogen and oxygen atoms in total. The lowest BCUT2D eigenvalue weighted by molar-refractivity contribution is -0.128. The number of nitrogens with two attached hydrogens (primary N) is 1. The molecule has 1 amide bonds. The molecule has 0 radical (unpaired) electrons. The van der Waals surface area contributed by atoms with Crippen LogP contribution in [0.3, 0.4) is 0 Å². The summed E-state index contributed by atoms with van der Waals surface area (Å²) >= 11 is 0. The number of hydrogen-bond acceptors (Lipinski definition) is 2. The molecule has 0 aliphatic heterocycles. The van der Waals surface area contributed by atoms with Crippen LogP contribution < -0.4 is 5.73 Å². The van der Waals surface area contributed by atoms with Gasteiger partial charge in [0.15, 0.2) is 0 Å². The van der Waals surface area contributed by atoms with Crippen LogP contribution >= 0.6 is 0 Å². The average Bonchev–Trinajstić information content (AvgIpc) is 2.27. The number of amides is 1. The fourth-order valence-electron chi connectivity index (χ4n) is 2.68. The standard InChI is InChI=1S/C15H27NO2/c1-10(15(2,3)4)13(17)9-11-6-5-7-12(8-11)14(16)18/h10-12H,5-9H2,1-4H3,(H2,16,18)/t10-,11?,12-/m1/s1. The zero-order chi connectivity index (χ0) is 13.9. The molecule has 0 saturated heterocycles. The summed E-state index contributed by atoms with van der Waals surface area (Å²) in [6, 6.07) is 0. The van der Waals surface area contributed by atoms with Crippen LogP contribution in [0, 0.1) is 23.2 Å². The van der Waals surface area contributed by atoms with Crippen molar-refractivity contribution in [2.45, 2.75) is 59.8 Å². The zero-order valence-electron chi connectivity index (χ0n) is 12.2. The monoisotopic (exact) mass is 253 g/mol. The molecule has 0 bridgehead atoms. The summed E-state index contributed by atoms with van der Waals surface area (Å²) in [6.07, 6.45) is 4.40. The quantitative estimate of drug-likeness (QED) is 0.837. The third-order valence-electron chi connectivity index (χ3n) is 4.46. The summed E-state index contributed by atoms with van der Waals surface area (Å²) in [6.45, 7) is 8.31. The lowest BCUT2D eigenvalue weighted by Crippen LogP contribution is -2.32. The minimum Gasteiger partial charge on any atom is -0.369 e. The summed E-state index contributed by atoms with van der Waals surface area (Å²) < 4.78 is 0. The summed E-state index contributed by atoms with van der Waals surface area (Å²) in [4.78, 5) is 23.4. The lowest BCUT2D eigenvalue weighted by Gasteiger charge is -2.30. The summed E-state index contributed by atoms with van der Waals surface area (Å²) in [5.41, 5.74) is 5.39. The Hall–Kier alpha value is -0.860. The van der Waals surface area contributed by atoms with E-state index in [0.717, 1.165) is 25.7 Å². The van der Waals surface area contributed by atoms with Gasteiger partial charge in [0.1, 0.15) is 5.78 Å². The predicted molar refractivity (Wildman–Crippen MR) is 72.9 cm³/mol. The second-order valence-corrected chi connectivity index (χ2v) is 6.89. The fraction of sp³-hybridized carbons (Fsp3) is 0.867. The van der Waals surface area contributed by atoms with Crippen LogP contribution in [-0.4, -0.2) is 11.7 Å². The summed E-state index contributed by atoms with van der Waals surface area (Å²) in [5, 5.41) is 0. The maximum absolute atomic E-state index is 12.2. The normalized spacial score (nSPS) is 26.7. The molecule has 0 heterocycles. The van der Waals surface area contributed by atoms with E-state index in [1.807, 2.05) is 6.92 Å². The molecular weight excluding hydrogens is 226 g/mol. The Morgan fingerprint density at radius 1 is 1.28 bits per heavy atom. The van der Waals surface area contributed by atoms with Gasteiger partial charge in [-0.15, -0.1) is 0 Å². The Morgan fingerprint density at radius 3 is 2.39 bits per heavy atom. The van der Waals surface area contributed by atoms with E-state index in [2.05, 4.69) is 20.8 Å². The van der Waals surface area contributed by atoms with Crippen LogP contribution in [0.5, 0.6) is 0 Å². The average molecular weight is 253 g/mol. The third kappa shape index (κ3) is 4.11. The molecular formula is C15H27NO2. The molecule has 0 spiro atoms. The smallest absolute Gasteiger partial charge is 0.220 e. The molecule has 1 saturated carbocycles. The molecule has 0 aromatic rings. The van der Waals surface area contributed by atoms with Crippen molar-refractivity contribution >= 4 is 11.7 Å². The van der Waals surface area contributed by atoms with Gasteiger partial charge in [0.2, 0.25) is 5.91 Å². The van der Waals surface area contributed by atoms with Crippen LogP contribution in [0.2, 0.25) is 0 Å². The van der Waals surface area contributed by atoms with Gasteiger partial charge in [-0.05, 0) is 30.6 Å². The molecule has 104 valence electrons. The highest BCUT2D eigenvalue weighted by Crippen LogP contribution is 2.34. The second-order valence-electron chi connectivity index (χ2n) is 6.89. The first-order chi connectivity index (χ1) is 8.21. The summed E-state index contributed by atoms with van der Waals surface area (Å²) in [7, 11) is 0. The Bertz CT molecular complexity index is 317. The van der Waals surface area contributed by atoms with Crippen LogP contribution in [-0.2, 0) is 9.59 Å². The number of rotatable bonds is 4. The van der Waals surface area contributed by atoms with Gasteiger partial charge in [-0.25, -0.2) is 0 Å². The number of Topliss-reactive ketones (excluding diaryl/α,β-unsaturated/α-hetero) is 1. The predicted octanol–water partition coefficient (Wildman–Crippen LogP) is 2.92. The molecule has 0 aromatic carbocycles. The molecule has 3 heteroatoms. The first kappa shape index (κ1) is 15.2. The molecule has 1 unspecified atom stereocenters. The van der Waals surface area contributed by atoms with Crippen LogP contribution in [0.4, 0.5) is 0 Å². The number of primary amides is 1. The van der Waals surface area contributed by atoms with Crippen LogP contribution in [0.1, 0.15) is 59.8 Å². The van der Waals surface area contributed by atoms with E-state index < -0.39 is 0 Å². The van der Waals surface area contributed by atoms with Gasteiger partial charge in [-0.3, -0.25) is 9.59 Å². The van der Waals surface area contributed by atoms with Gasteiger partial charge >= 0.3 is 0 Å². The van der Waals surface area contributed by atoms with Gasteiger partial charge < -0.3 is 5.73 Å². The van der Waals surface area contributed by atoms with Gasteiger partial charge in [-0.1, -0.05) is 34.1 Å². The van der Waals surface area contributed by atoms with E-state index in [4.69, 9.17) is 5.73 Å². The number of ketones is 1. The van der Waals surface area contributed by atoms with Crippen LogP contribution in [0.25, 0.3) is 0 Å². The zero-order valence-corrected chi connectivity index (χ0v) is 12.2. The van der Waals surface area contributed by atoms with Crippen molar-refractivity contribution in [3.63, 3.8) is 0 Å².